The van der Waals surface area contributed by atoms with Gasteiger partial charge in [0.05, 0.1) is 9.80 Å². The highest BCUT2D eigenvalue weighted by Gasteiger charge is 2.35. The van der Waals surface area contributed by atoms with Gasteiger partial charge in [-0.05, 0) is 42.8 Å². The molecule has 2 aromatic rings. The Morgan fingerprint density at radius 3 is 2.35 bits per heavy atom. The highest BCUT2D eigenvalue weighted by Crippen LogP contribution is 2.32. The number of nitrogens with zero attached hydrogens (tertiary/aromatic N) is 1. The topological polar surface area (TPSA) is 66.5 Å². The average Bonchev–Trinajstić information content (AvgIpc) is 2.84. The van der Waals surface area contributed by atoms with E-state index < -0.39 is 15.9 Å². The van der Waals surface area contributed by atoms with Crippen LogP contribution in [0.1, 0.15) is 11.1 Å². The lowest BCUT2D eigenvalue weighted by Crippen LogP contribution is -2.44. The van der Waals surface area contributed by atoms with Crippen molar-refractivity contribution in [2.75, 3.05) is 0 Å². The van der Waals surface area contributed by atoms with Crippen molar-refractivity contribution in [1.29, 1.82) is 0 Å². The van der Waals surface area contributed by atoms with Crippen molar-refractivity contribution < 1.29 is 13.2 Å². The SMILES string of the molecule is Cc1ccc(S(=O)(=O)NN2C(=O)C(=Cc3ccc(Br)cc3)SC2=S)cc1. The molecule has 9 heteroatoms. The Bertz CT molecular complexity index is 1000. The lowest BCUT2D eigenvalue weighted by molar-refractivity contribution is -0.123. The molecule has 0 bridgehead atoms. The maximum atomic E-state index is 12.6. The van der Waals surface area contributed by atoms with Crippen LogP contribution in [0.15, 0.2) is 62.8 Å². The van der Waals surface area contributed by atoms with Crippen molar-refractivity contribution in [1.82, 2.24) is 9.84 Å². The number of benzene rings is 2. The minimum absolute atomic E-state index is 0.0639. The lowest BCUT2D eigenvalue weighted by atomic mass is 10.2. The smallest absolute Gasteiger partial charge is 0.267 e. The molecule has 26 heavy (non-hydrogen) atoms. The van der Waals surface area contributed by atoms with Crippen LogP contribution in [-0.4, -0.2) is 23.7 Å². The summed E-state index contributed by atoms with van der Waals surface area (Å²) in [7, 11) is -3.91. The van der Waals surface area contributed by atoms with Gasteiger partial charge in [0.15, 0.2) is 4.32 Å². The number of halogens is 1. The van der Waals surface area contributed by atoms with Crippen LogP contribution in [0.25, 0.3) is 6.08 Å². The number of hydrogen-bond acceptors (Lipinski definition) is 5. The number of aryl methyl sites for hydroxylation is 1. The first-order valence-corrected chi connectivity index (χ1v) is 10.9. The Labute approximate surface area is 169 Å². The third kappa shape index (κ3) is 4.24. The van der Waals surface area contributed by atoms with Crippen molar-refractivity contribution in [2.24, 2.45) is 0 Å². The van der Waals surface area contributed by atoms with E-state index in [0.29, 0.717) is 4.91 Å². The molecule has 2 aromatic carbocycles. The predicted molar refractivity (Wildman–Crippen MR) is 111 cm³/mol. The molecule has 1 fully saturated rings. The van der Waals surface area contributed by atoms with Crippen LogP contribution in [-0.2, 0) is 14.8 Å². The summed E-state index contributed by atoms with van der Waals surface area (Å²) in [6.45, 7) is 1.86. The van der Waals surface area contributed by atoms with Gasteiger partial charge in [0.2, 0.25) is 0 Å². The highest BCUT2D eigenvalue weighted by atomic mass is 79.9. The van der Waals surface area contributed by atoms with Crippen LogP contribution in [0.4, 0.5) is 0 Å². The summed E-state index contributed by atoms with van der Waals surface area (Å²) in [4.78, 5) is 15.2. The van der Waals surface area contributed by atoms with Gasteiger partial charge in [0.25, 0.3) is 15.9 Å². The maximum Gasteiger partial charge on any atom is 0.281 e. The number of thioether (sulfide) groups is 1. The van der Waals surface area contributed by atoms with Crippen molar-refractivity contribution in [3.05, 3.63) is 69.0 Å². The zero-order chi connectivity index (χ0) is 18.9. The molecule has 3 rings (SSSR count). The number of carbonyl (C=O) groups excluding carboxylic acids is 1. The van der Waals surface area contributed by atoms with E-state index in [1.54, 1.807) is 18.2 Å². The summed E-state index contributed by atoms with van der Waals surface area (Å²) in [5.41, 5.74) is 1.75. The van der Waals surface area contributed by atoms with Gasteiger partial charge >= 0.3 is 0 Å². The summed E-state index contributed by atoms with van der Waals surface area (Å²) < 4.78 is 26.0. The molecule has 0 saturated carbocycles. The largest absolute Gasteiger partial charge is 0.281 e. The van der Waals surface area contributed by atoms with Gasteiger partial charge in [0.1, 0.15) is 0 Å². The molecule has 0 aliphatic carbocycles. The van der Waals surface area contributed by atoms with Gasteiger partial charge in [-0.3, -0.25) is 4.79 Å². The van der Waals surface area contributed by atoms with Crippen LogP contribution in [0.5, 0.6) is 0 Å². The first kappa shape index (κ1) is 19.2. The Morgan fingerprint density at radius 1 is 1.12 bits per heavy atom. The second-order valence-electron chi connectivity index (χ2n) is 5.48. The minimum Gasteiger partial charge on any atom is -0.267 e. The normalized spacial score (nSPS) is 16.5. The molecule has 0 atom stereocenters. The molecule has 1 N–H and O–H groups in total. The molecule has 0 radical (unpaired) electrons. The van der Waals surface area contributed by atoms with Gasteiger partial charge in [-0.15, -0.1) is 4.83 Å². The summed E-state index contributed by atoms with van der Waals surface area (Å²) in [5, 5.41) is 0.889. The van der Waals surface area contributed by atoms with Crippen LogP contribution in [0, 0.1) is 6.92 Å². The van der Waals surface area contributed by atoms with Gasteiger partial charge < -0.3 is 0 Å². The molecule has 0 unspecified atom stereocenters. The van der Waals surface area contributed by atoms with Gasteiger partial charge in [-0.1, -0.05) is 69.7 Å². The van der Waals surface area contributed by atoms with E-state index in [0.717, 1.165) is 32.4 Å². The lowest BCUT2D eigenvalue weighted by Gasteiger charge is -2.16. The summed E-state index contributed by atoms with van der Waals surface area (Å²) in [6.07, 6.45) is 1.67. The highest BCUT2D eigenvalue weighted by molar-refractivity contribution is 9.10. The number of sulfonamides is 1. The van der Waals surface area contributed by atoms with Gasteiger partial charge in [-0.2, -0.15) is 0 Å². The van der Waals surface area contributed by atoms with Gasteiger partial charge in [-0.25, -0.2) is 13.4 Å². The Morgan fingerprint density at radius 2 is 1.73 bits per heavy atom. The van der Waals surface area contributed by atoms with E-state index in [2.05, 4.69) is 20.8 Å². The van der Waals surface area contributed by atoms with Crippen molar-refractivity contribution in [2.45, 2.75) is 11.8 Å². The number of amides is 1. The molecule has 5 nitrogen and oxygen atoms in total. The van der Waals surface area contributed by atoms with E-state index in [1.165, 1.54) is 12.1 Å². The maximum absolute atomic E-state index is 12.6. The number of nitrogens with one attached hydrogen (secondary N) is 1. The number of rotatable bonds is 4. The predicted octanol–water partition coefficient (Wildman–Crippen LogP) is 3.85. The van der Waals surface area contributed by atoms with E-state index in [9.17, 15) is 13.2 Å². The molecule has 1 aliphatic rings. The number of hydrogen-bond donors (Lipinski definition) is 1. The number of hydrazine groups is 1. The van der Waals surface area contributed by atoms with Crippen molar-refractivity contribution >= 4 is 66.2 Å². The molecule has 1 amide bonds. The van der Waals surface area contributed by atoms with Crippen LogP contribution >= 0.6 is 39.9 Å². The minimum atomic E-state index is -3.91. The average molecular weight is 469 g/mol. The van der Waals surface area contributed by atoms with E-state index >= 15 is 0 Å². The van der Waals surface area contributed by atoms with Crippen LogP contribution in [0.2, 0.25) is 0 Å². The molecule has 1 aliphatic heterocycles. The third-order valence-corrected chi connectivity index (χ3v) is 6.65. The van der Waals surface area contributed by atoms with E-state index in [-0.39, 0.29) is 9.22 Å². The summed E-state index contributed by atoms with van der Waals surface area (Å²) in [6, 6.07) is 13.7. The quantitative estimate of drug-likeness (QED) is 0.545. The third-order valence-electron chi connectivity index (χ3n) is 3.50. The first-order chi connectivity index (χ1) is 12.3. The van der Waals surface area contributed by atoms with Crippen LogP contribution < -0.4 is 4.83 Å². The molecular weight excluding hydrogens is 456 g/mol. The number of carbonyl (C=O) groups is 1. The van der Waals surface area contributed by atoms with Crippen LogP contribution in [0.3, 0.4) is 0 Å². The second-order valence-corrected chi connectivity index (χ2v) is 9.73. The van der Waals surface area contributed by atoms with E-state index in [1.807, 2.05) is 31.2 Å². The fourth-order valence-corrected chi connectivity index (χ4v) is 4.72. The Hall–Kier alpha value is -1.52. The zero-order valence-electron chi connectivity index (χ0n) is 13.5. The van der Waals surface area contributed by atoms with Gasteiger partial charge in [0, 0.05) is 4.47 Å². The van der Waals surface area contributed by atoms with Crippen molar-refractivity contribution in [3.63, 3.8) is 0 Å². The molecule has 1 heterocycles. The fraction of sp³-hybridized carbons (Fsp3) is 0.0588. The van der Waals surface area contributed by atoms with Crippen molar-refractivity contribution in [3.8, 4) is 0 Å². The molecular formula is C17H13BrN2O3S3. The van der Waals surface area contributed by atoms with E-state index in [4.69, 9.17) is 12.2 Å². The molecule has 0 aromatic heterocycles. The Kier molecular flexibility index (Phi) is 5.64. The second kappa shape index (κ2) is 7.61. The standard InChI is InChI=1S/C17H13BrN2O3S3/c1-11-2-8-14(9-3-11)26(22,23)19-20-16(21)15(25-17(20)24)10-12-4-6-13(18)7-5-12/h2-10,19H,1H3. The Balaban J connectivity index is 1.83. The molecule has 134 valence electrons. The molecule has 1 saturated heterocycles. The monoisotopic (exact) mass is 468 g/mol. The zero-order valence-corrected chi connectivity index (χ0v) is 17.5. The molecule has 0 spiro atoms. The fourth-order valence-electron chi connectivity index (χ4n) is 2.15. The first-order valence-electron chi connectivity index (χ1n) is 7.39. The summed E-state index contributed by atoms with van der Waals surface area (Å²) >= 11 is 9.56. The summed E-state index contributed by atoms with van der Waals surface area (Å²) in [5.74, 6) is -0.501. The number of thiocarbonyl (C=S) groups is 1.